The third-order valence-electron chi connectivity index (χ3n) is 7.04. The number of benzene rings is 2. The average Bonchev–Trinajstić information content (AvgIpc) is 3.23. The van der Waals surface area contributed by atoms with E-state index in [0.717, 1.165) is 44.3 Å². The molecule has 5 heteroatoms. The first-order chi connectivity index (χ1) is 15.6. The van der Waals surface area contributed by atoms with Gasteiger partial charge in [0.15, 0.2) is 5.78 Å². The van der Waals surface area contributed by atoms with Gasteiger partial charge in [-0.25, -0.2) is 0 Å². The first-order valence-corrected chi connectivity index (χ1v) is 12.3. The Labute approximate surface area is 193 Å². The first-order valence-electron chi connectivity index (χ1n) is 11.5. The van der Waals surface area contributed by atoms with Crippen LogP contribution in [0, 0.1) is 11.8 Å². The minimum atomic E-state index is 0.174. The molecule has 0 saturated carbocycles. The molecule has 4 heterocycles. The second-order valence-electron chi connectivity index (χ2n) is 9.25. The highest BCUT2D eigenvalue weighted by Gasteiger charge is 2.35. The van der Waals surface area contributed by atoms with Gasteiger partial charge in [-0.15, -0.1) is 11.3 Å². The lowest BCUT2D eigenvalue weighted by molar-refractivity contribution is -0.117. The van der Waals surface area contributed by atoms with Gasteiger partial charge in [0.05, 0.1) is 12.0 Å². The number of ether oxygens (including phenoxy) is 1. The summed E-state index contributed by atoms with van der Waals surface area (Å²) in [4.78, 5) is 29.0. The van der Waals surface area contributed by atoms with E-state index in [-0.39, 0.29) is 11.6 Å². The summed E-state index contributed by atoms with van der Waals surface area (Å²) in [5, 5.41) is 1.09. The molecule has 3 fully saturated rings. The number of fused-ring (bicyclic) bond motifs is 4. The molecule has 0 radical (unpaired) electrons. The van der Waals surface area contributed by atoms with Crippen LogP contribution in [0.25, 0.3) is 10.1 Å². The van der Waals surface area contributed by atoms with Gasteiger partial charge < -0.3 is 9.64 Å². The van der Waals surface area contributed by atoms with Crippen molar-refractivity contribution in [1.82, 2.24) is 4.90 Å². The van der Waals surface area contributed by atoms with Crippen LogP contribution in [-0.4, -0.2) is 43.2 Å². The summed E-state index contributed by atoms with van der Waals surface area (Å²) in [5.41, 5.74) is 1.97. The first kappa shape index (κ1) is 21.4. The molecule has 4 nitrogen and oxygen atoms in total. The molecule has 0 amide bonds. The number of nitrogens with zero attached hydrogens (tertiary/aromatic N) is 1. The van der Waals surface area contributed by atoms with E-state index in [4.69, 9.17) is 4.74 Å². The molecule has 32 heavy (non-hydrogen) atoms. The molecule has 1 aromatic heterocycles. The highest BCUT2D eigenvalue weighted by Crippen LogP contribution is 2.36. The molecule has 3 aromatic rings. The largest absolute Gasteiger partial charge is 0.497 e. The molecule has 3 aliphatic heterocycles. The zero-order chi connectivity index (χ0) is 22.1. The summed E-state index contributed by atoms with van der Waals surface area (Å²) in [5.74, 6) is 2.46. The number of hydrogen-bond donors (Lipinski definition) is 0. The lowest BCUT2D eigenvalue weighted by Crippen LogP contribution is -2.47. The molecule has 0 spiro atoms. The standard InChI is InChI=1S/C27H29NO3S/c1-31-24-4-2-3-18(13-24)11-23(29)12-19-5-6-21-16-27(32-26(21)14-19)25(30)15-22-17-28-9-7-20(22)8-10-28/h2-6,13-14,16,20,22H,7-12,15,17H2,1H3/t22-/m0/s1. The van der Waals surface area contributed by atoms with Gasteiger partial charge >= 0.3 is 0 Å². The van der Waals surface area contributed by atoms with Gasteiger partial charge in [-0.05, 0) is 78.5 Å². The maximum Gasteiger partial charge on any atom is 0.173 e. The minimum absolute atomic E-state index is 0.174. The molecule has 6 rings (SSSR count). The summed E-state index contributed by atoms with van der Waals surface area (Å²) < 4.78 is 6.34. The highest BCUT2D eigenvalue weighted by atomic mass is 32.1. The molecule has 0 unspecified atom stereocenters. The highest BCUT2D eigenvalue weighted by molar-refractivity contribution is 7.20. The zero-order valence-corrected chi connectivity index (χ0v) is 19.3. The normalized spacial score (nSPS) is 22.2. The minimum Gasteiger partial charge on any atom is -0.497 e. The fourth-order valence-electron chi connectivity index (χ4n) is 5.28. The third-order valence-corrected chi connectivity index (χ3v) is 8.17. The van der Waals surface area contributed by atoms with Crippen molar-refractivity contribution in [1.29, 1.82) is 0 Å². The molecule has 3 aliphatic rings. The van der Waals surface area contributed by atoms with Crippen molar-refractivity contribution in [2.75, 3.05) is 26.7 Å². The fraction of sp³-hybridized carbons (Fsp3) is 0.407. The number of rotatable bonds is 8. The maximum atomic E-state index is 13.0. The van der Waals surface area contributed by atoms with Crippen molar-refractivity contribution >= 4 is 33.0 Å². The van der Waals surface area contributed by atoms with Crippen molar-refractivity contribution in [3.8, 4) is 5.75 Å². The lowest BCUT2D eigenvalue weighted by Gasteiger charge is -2.44. The quantitative estimate of drug-likeness (QED) is 0.447. The van der Waals surface area contributed by atoms with E-state index in [1.165, 1.54) is 25.9 Å². The molecular formula is C27H29NO3S. The topological polar surface area (TPSA) is 46.6 Å². The molecular weight excluding hydrogens is 418 g/mol. The van der Waals surface area contributed by atoms with Gasteiger partial charge in [-0.3, -0.25) is 9.59 Å². The molecule has 3 saturated heterocycles. The average molecular weight is 448 g/mol. The van der Waals surface area contributed by atoms with Crippen LogP contribution in [0.3, 0.4) is 0 Å². The van der Waals surface area contributed by atoms with Crippen LogP contribution < -0.4 is 4.74 Å². The van der Waals surface area contributed by atoms with Crippen molar-refractivity contribution in [3.63, 3.8) is 0 Å². The Kier molecular flexibility index (Phi) is 6.11. The number of piperidine rings is 3. The number of thiophene rings is 1. The van der Waals surface area contributed by atoms with E-state index >= 15 is 0 Å². The van der Waals surface area contributed by atoms with E-state index in [0.29, 0.717) is 25.2 Å². The number of carbonyl (C=O) groups is 2. The van der Waals surface area contributed by atoms with Gasteiger partial charge in [0, 0.05) is 30.5 Å². The van der Waals surface area contributed by atoms with Crippen molar-refractivity contribution < 1.29 is 14.3 Å². The van der Waals surface area contributed by atoms with Crippen LogP contribution >= 0.6 is 11.3 Å². The van der Waals surface area contributed by atoms with Gasteiger partial charge in [0.25, 0.3) is 0 Å². The zero-order valence-electron chi connectivity index (χ0n) is 18.5. The Bertz CT molecular complexity index is 1140. The smallest absolute Gasteiger partial charge is 0.173 e. The maximum absolute atomic E-state index is 13.0. The van der Waals surface area contributed by atoms with Gasteiger partial charge in [-0.1, -0.05) is 24.3 Å². The Morgan fingerprint density at radius 3 is 2.53 bits per heavy atom. The van der Waals surface area contributed by atoms with E-state index in [1.807, 2.05) is 42.5 Å². The Morgan fingerprint density at radius 1 is 1.03 bits per heavy atom. The number of hydrogen-bond acceptors (Lipinski definition) is 5. The number of Topliss-reactive ketones (excluding diaryl/α,β-unsaturated/α-hetero) is 2. The van der Waals surface area contributed by atoms with Gasteiger partial charge in [0.1, 0.15) is 11.5 Å². The van der Waals surface area contributed by atoms with Crippen molar-refractivity contribution in [2.45, 2.75) is 32.1 Å². The monoisotopic (exact) mass is 447 g/mol. The fourth-order valence-corrected chi connectivity index (χ4v) is 6.36. The van der Waals surface area contributed by atoms with Crippen LogP contribution in [0.15, 0.2) is 48.5 Å². The molecule has 2 aromatic carbocycles. The molecule has 2 bridgehead atoms. The summed E-state index contributed by atoms with van der Waals surface area (Å²) in [6, 6.07) is 15.8. The molecule has 0 aliphatic carbocycles. The predicted octanol–water partition coefficient (Wildman–Crippen LogP) is 5.18. The Morgan fingerprint density at radius 2 is 1.81 bits per heavy atom. The predicted molar refractivity (Wildman–Crippen MR) is 129 cm³/mol. The third kappa shape index (κ3) is 4.64. The Hall–Kier alpha value is -2.50. The molecule has 1 atom stereocenters. The number of ketones is 2. The summed E-state index contributed by atoms with van der Waals surface area (Å²) in [7, 11) is 1.63. The second-order valence-corrected chi connectivity index (χ2v) is 10.3. The van der Waals surface area contributed by atoms with Gasteiger partial charge in [-0.2, -0.15) is 0 Å². The van der Waals surface area contributed by atoms with Crippen molar-refractivity contribution in [2.24, 2.45) is 11.8 Å². The molecule has 166 valence electrons. The number of carbonyl (C=O) groups excluding carboxylic acids is 2. The lowest BCUT2D eigenvalue weighted by atomic mass is 9.76. The Balaban J connectivity index is 1.24. The van der Waals surface area contributed by atoms with E-state index in [2.05, 4.69) is 11.0 Å². The van der Waals surface area contributed by atoms with Crippen LogP contribution in [0.2, 0.25) is 0 Å². The van der Waals surface area contributed by atoms with E-state index < -0.39 is 0 Å². The summed E-state index contributed by atoms with van der Waals surface area (Å²) >= 11 is 1.57. The van der Waals surface area contributed by atoms with E-state index in [9.17, 15) is 9.59 Å². The van der Waals surface area contributed by atoms with Crippen LogP contribution in [0.4, 0.5) is 0 Å². The van der Waals surface area contributed by atoms with Crippen LogP contribution in [0.5, 0.6) is 5.75 Å². The van der Waals surface area contributed by atoms with Crippen LogP contribution in [0.1, 0.15) is 40.1 Å². The molecule has 0 N–H and O–H groups in total. The van der Waals surface area contributed by atoms with Gasteiger partial charge in [0.2, 0.25) is 0 Å². The summed E-state index contributed by atoms with van der Waals surface area (Å²) in [6.07, 6.45) is 3.95. The second kappa shape index (κ2) is 9.16. The summed E-state index contributed by atoms with van der Waals surface area (Å²) in [6.45, 7) is 3.50. The van der Waals surface area contributed by atoms with E-state index in [1.54, 1.807) is 18.4 Å². The SMILES string of the molecule is COc1cccc(CC(=O)Cc2ccc3cc(C(=O)C[C@H]4CN5CCC4CC5)sc3c2)c1. The number of methoxy groups -OCH3 is 1. The van der Waals surface area contributed by atoms with Crippen molar-refractivity contribution in [3.05, 3.63) is 64.5 Å². The van der Waals surface area contributed by atoms with Crippen LogP contribution in [-0.2, 0) is 17.6 Å².